The average Bonchev–Trinajstić information content (AvgIpc) is 3.17. The van der Waals surface area contributed by atoms with Crippen LogP contribution in [0, 0.1) is 0 Å². The van der Waals surface area contributed by atoms with Crippen molar-refractivity contribution in [2.75, 3.05) is 19.8 Å². The maximum Gasteiger partial charge on any atom is 0.190 e. The van der Waals surface area contributed by atoms with Gasteiger partial charge in [-0.15, -0.1) is 0 Å². The number of hydrogen-bond acceptors (Lipinski definition) is 8. The lowest BCUT2D eigenvalue weighted by Gasteiger charge is -2.37. The van der Waals surface area contributed by atoms with Crippen LogP contribution in [-0.4, -0.2) is 73.2 Å². The summed E-state index contributed by atoms with van der Waals surface area (Å²) >= 11 is 0. The van der Waals surface area contributed by atoms with E-state index in [1.807, 2.05) is 58.0 Å². The van der Waals surface area contributed by atoms with Gasteiger partial charge in [-0.2, -0.15) is 0 Å². The summed E-state index contributed by atoms with van der Waals surface area (Å²) in [7, 11) is 0. The van der Waals surface area contributed by atoms with Crippen LogP contribution in [0.1, 0.15) is 33.3 Å². The van der Waals surface area contributed by atoms with Crippen molar-refractivity contribution in [2.24, 2.45) is 0 Å². The summed E-state index contributed by atoms with van der Waals surface area (Å²) in [6.45, 7) is 9.06. The van der Waals surface area contributed by atoms with Gasteiger partial charge in [0, 0.05) is 13.1 Å². The van der Waals surface area contributed by atoms with Crippen LogP contribution in [0.25, 0.3) is 0 Å². The second-order valence-corrected chi connectivity index (χ2v) is 9.02. The molecule has 1 aromatic carbocycles. The molecule has 0 spiro atoms. The molecule has 3 saturated heterocycles. The zero-order valence-corrected chi connectivity index (χ0v) is 18.1. The zero-order valence-electron chi connectivity index (χ0n) is 18.1. The van der Waals surface area contributed by atoms with Crippen molar-refractivity contribution in [3.63, 3.8) is 0 Å². The number of nitrogens with one attached hydrogen (secondary N) is 1. The quantitative estimate of drug-likeness (QED) is 0.651. The Hall–Kier alpha value is -1.10. The number of ether oxygens (including phenoxy) is 6. The molecule has 0 radical (unpaired) electrons. The van der Waals surface area contributed by atoms with Gasteiger partial charge in [0.15, 0.2) is 17.9 Å². The Morgan fingerprint density at radius 2 is 1.63 bits per heavy atom. The SMILES string of the molecule is CC1(C)O[C@H]2OC(COCC(O)CNCc3ccccc3)[C@@H]3OC(C)(C)O[C@@H]3[C@H]2O1. The van der Waals surface area contributed by atoms with E-state index in [9.17, 15) is 5.11 Å². The molecule has 6 atom stereocenters. The van der Waals surface area contributed by atoms with Crippen LogP contribution in [0.3, 0.4) is 0 Å². The number of hydrogen-bond donors (Lipinski definition) is 2. The zero-order chi connectivity index (χ0) is 21.4. The molecule has 3 aliphatic heterocycles. The molecule has 3 aliphatic rings. The van der Waals surface area contributed by atoms with Crippen LogP contribution in [-0.2, 0) is 35.0 Å². The average molecular weight is 424 g/mol. The molecule has 3 heterocycles. The van der Waals surface area contributed by atoms with Gasteiger partial charge in [0.1, 0.15) is 24.4 Å². The largest absolute Gasteiger partial charge is 0.389 e. The predicted octanol–water partition coefficient (Wildman–Crippen LogP) is 1.55. The first-order valence-corrected chi connectivity index (χ1v) is 10.6. The second-order valence-electron chi connectivity index (χ2n) is 9.02. The summed E-state index contributed by atoms with van der Waals surface area (Å²) in [5, 5.41) is 13.5. The highest BCUT2D eigenvalue weighted by atomic mass is 16.9. The maximum absolute atomic E-state index is 10.2. The van der Waals surface area contributed by atoms with Gasteiger partial charge < -0.3 is 38.8 Å². The molecule has 168 valence electrons. The fraction of sp³-hybridized carbons (Fsp3) is 0.727. The van der Waals surface area contributed by atoms with Crippen LogP contribution < -0.4 is 5.32 Å². The van der Waals surface area contributed by atoms with Gasteiger partial charge >= 0.3 is 0 Å². The lowest BCUT2D eigenvalue weighted by Crippen LogP contribution is -2.56. The molecular formula is C22H33NO7. The van der Waals surface area contributed by atoms with Gasteiger partial charge in [0.2, 0.25) is 0 Å². The van der Waals surface area contributed by atoms with E-state index in [2.05, 4.69) is 5.32 Å². The van der Waals surface area contributed by atoms with Gasteiger partial charge in [0.25, 0.3) is 0 Å². The Balaban J connectivity index is 1.25. The van der Waals surface area contributed by atoms with Crippen LogP contribution in [0.15, 0.2) is 30.3 Å². The van der Waals surface area contributed by atoms with Gasteiger partial charge in [-0.1, -0.05) is 30.3 Å². The van der Waals surface area contributed by atoms with E-state index in [-0.39, 0.29) is 37.6 Å². The number of benzene rings is 1. The lowest BCUT2D eigenvalue weighted by atomic mass is 9.99. The Bertz CT molecular complexity index is 698. The van der Waals surface area contributed by atoms with E-state index in [1.165, 1.54) is 5.56 Å². The van der Waals surface area contributed by atoms with Crippen molar-refractivity contribution in [1.29, 1.82) is 0 Å². The van der Waals surface area contributed by atoms with Crippen molar-refractivity contribution in [1.82, 2.24) is 5.32 Å². The van der Waals surface area contributed by atoms with E-state index in [0.717, 1.165) is 0 Å². The monoisotopic (exact) mass is 423 g/mol. The summed E-state index contributed by atoms with van der Waals surface area (Å²) in [6, 6.07) is 10.1. The van der Waals surface area contributed by atoms with Crippen molar-refractivity contribution in [2.45, 2.75) is 82.6 Å². The van der Waals surface area contributed by atoms with E-state index >= 15 is 0 Å². The smallest absolute Gasteiger partial charge is 0.190 e. The number of rotatable bonds is 8. The summed E-state index contributed by atoms with van der Waals surface area (Å²) in [5.41, 5.74) is 1.17. The Morgan fingerprint density at radius 1 is 0.967 bits per heavy atom. The standard InChI is InChI=1S/C22H33NO7/c1-21(2)27-17-16(26-20-19(18(17)28-21)29-22(3,4)30-20)13-25-12-15(24)11-23-10-14-8-6-5-7-9-14/h5-9,15-20,23-24H,10-13H2,1-4H3/t15?,16?,17-,18-,19+,20+/m0/s1. The first-order chi connectivity index (χ1) is 14.2. The highest BCUT2D eigenvalue weighted by molar-refractivity contribution is 5.14. The molecule has 30 heavy (non-hydrogen) atoms. The topological polar surface area (TPSA) is 87.6 Å². The third-order valence-electron chi connectivity index (χ3n) is 5.40. The summed E-state index contributed by atoms with van der Waals surface area (Å²) in [5.74, 6) is -1.48. The molecule has 3 fully saturated rings. The van der Waals surface area contributed by atoms with Crippen molar-refractivity contribution >= 4 is 0 Å². The Morgan fingerprint density at radius 3 is 2.40 bits per heavy atom. The number of aliphatic hydroxyl groups excluding tert-OH is 1. The van der Waals surface area contributed by atoms with Crippen LogP contribution in [0.2, 0.25) is 0 Å². The molecule has 0 amide bonds. The molecule has 0 aromatic heterocycles. The Kier molecular flexibility index (Phi) is 6.48. The predicted molar refractivity (Wildman–Crippen MR) is 107 cm³/mol. The van der Waals surface area contributed by atoms with Gasteiger partial charge in [-0.3, -0.25) is 0 Å². The number of fused-ring (bicyclic) bond motifs is 3. The van der Waals surface area contributed by atoms with E-state index in [1.54, 1.807) is 0 Å². The summed E-state index contributed by atoms with van der Waals surface area (Å²) < 4.78 is 35.9. The van der Waals surface area contributed by atoms with E-state index in [4.69, 9.17) is 28.4 Å². The van der Waals surface area contributed by atoms with Gasteiger partial charge in [-0.25, -0.2) is 0 Å². The molecule has 1 aromatic rings. The number of aliphatic hydroxyl groups is 1. The molecule has 0 saturated carbocycles. The molecule has 2 N–H and O–H groups in total. The van der Waals surface area contributed by atoms with E-state index in [0.29, 0.717) is 13.1 Å². The first-order valence-electron chi connectivity index (χ1n) is 10.6. The maximum atomic E-state index is 10.2. The molecule has 8 heteroatoms. The van der Waals surface area contributed by atoms with Gasteiger partial charge in [0.05, 0.1) is 19.3 Å². The minimum Gasteiger partial charge on any atom is -0.389 e. The first kappa shape index (κ1) is 22.1. The third kappa shape index (κ3) is 5.20. The van der Waals surface area contributed by atoms with E-state index < -0.39 is 24.0 Å². The highest BCUT2D eigenvalue weighted by Crippen LogP contribution is 2.44. The summed E-state index contributed by atoms with van der Waals surface area (Å²) in [6.07, 6.45) is -2.51. The fourth-order valence-corrected chi connectivity index (χ4v) is 4.19. The lowest BCUT2D eigenvalue weighted by molar-refractivity contribution is -0.243. The van der Waals surface area contributed by atoms with Crippen LogP contribution >= 0.6 is 0 Å². The highest BCUT2D eigenvalue weighted by Gasteiger charge is 2.60. The van der Waals surface area contributed by atoms with Crippen molar-refractivity contribution < 1.29 is 33.5 Å². The third-order valence-corrected chi connectivity index (χ3v) is 5.40. The molecule has 8 nitrogen and oxygen atoms in total. The van der Waals surface area contributed by atoms with Crippen molar-refractivity contribution in [3.8, 4) is 0 Å². The summed E-state index contributed by atoms with van der Waals surface area (Å²) in [4.78, 5) is 0. The van der Waals surface area contributed by atoms with Crippen molar-refractivity contribution in [3.05, 3.63) is 35.9 Å². The Labute approximate surface area is 177 Å². The minimum atomic E-state index is -0.744. The normalized spacial score (nSPS) is 35.0. The van der Waals surface area contributed by atoms with Gasteiger partial charge in [-0.05, 0) is 33.3 Å². The molecule has 0 aliphatic carbocycles. The molecule has 2 unspecified atom stereocenters. The molecular weight excluding hydrogens is 390 g/mol. The minimum absolute atomic E-state index is 0.195. The molecule has 4 rings (SSSR count). The fourth-order valence-electron chi connectivity index (χ4n) is 4.19. The van der Waals surface area contributed by atoms with Crippen LogP contribution in [0.5, 0.6) is 0 Å². The second kappa shape index (κ2) is 8.80. The van der Waals surface area contributed by atoms with Crippen LogP contribution in [0.4, 0.5) is 0 Å². The molecule has 0 bridgehead atoms.